The Kier molecular flexibility index (Phi) is 8.75. The second kappa shape index (κ2) is 9.43. The van der Waals surface area contributed by atoms with Gasteiger partial charge in [0.05, 0.1) is 6.04 Å². The van der Waals surface area contributed by atoms with E-state index in [1.807, 2.05) is 20.8 Å². The first-order valence-electron chi connectivity index (χ1n) is 7.85. The van der Waals surface area contributed by atoms with Crippen molar-refractivity contribution in [2.45, 2.75) is 72.4 Å². The Morgan fingerprint density at radius 2 is 1.73 bits per heavy atom. The number of unbranched alkanes of at least 4 members (excludes halogenated alkanes) is 1. The molecule has 0 fully saturated rings. The number of nitrogens with one attached hydrogen (secondary N) is 2. The lowest BCUT2D eigenvalue weighted by Gasteiger charge is -2.22. The van der Waals surface area contributed by atoms with E-state index in [-0.39, 0.29) is 18.2 Å². The van der Waals surface area contributed by atoms with Crippen LogP contribution in [0.3, 0.4) is 0 Å². The van der Waals surface area contributed by atoms with E-state index < -0.39 is 23.6 Å². The van der Waals surface area contributed by atoms with E-state index in [2.05, 4.69) is 10.6 Å². The van der Waals surface area contributed by atoms with Crippen LogP contribution in [0.1, 0.15) is 60.8 Å². The maximum atomic E-state index is 12.1. The molecule has 0 spiro atoms. The van der Waals surface area contributed by atoms with Crippen molar-refractivity contribution in [1.29, 1.82) is 0 Å². The summed E-state index contributed by atoms with van der Waals surface area (Å²) in [6.45, 7) is 10.8. The molecule has 0 saturated carbocycles. The van der Waals surface area contributed by atoms with Crippen molar-refractivity contribution >= 4 is 17.8 Å². The average Bonchev–Trinajstić information content (AvgIpc) is 2.37. The highest BCUT2D eigenvalue weighted by Crippen LogP contribution is 2.08. The van der Waals surface area contributed by atoms with Gasteiger partial charge in [-0.25, -0.2) is 4.79 Å². The normalized spacial score (nSPS) is 12.7. The van der Waals surface area contributed by atoms with Crippen molar-refractivity contribution in [3.05, 3.63) is 0 Å². The van der Waals surface area contributed by atoms with E-state index >= 15 is 0 Å². The summed E-state index contributed by atoms with van der Waals surface area (Å²) in [6.07, 6.45) is 1.55. The molecule has 0 aromatic carbocycles. The molecule has 0 heterocycles. The molecule has 0 bridgehead atoms. The Labute approximate surface area is 133 Å². The van der Waals surface area contributed by atoms with Gasteiger partial charge in [-0.05, 0) is 33.1 Å². The van der Waals surface area contributed by atoms with Crippen LogP contribution in [0.4, 0.5) is 4.79 Å². The maximum absolute atomic E-state index is 12.1. The maximum Gasteiger partial charge on any atom is 0.408 e. The number of ether oxygens (including phenoxy) is 1. The first-order valence-corrected chi connectivity index (χ1v) is 7.85. The highest BCUT2D eigenvalue weighted by molar-refractivity contribution is 5.90. The van der Waals surface area contributed by atoms with E-state index in [0.717, 1.165) is 12.8 Å². The topological polar surface area (TPSA) is 84.5 Å². The second-order valence-electron chi connectivity index (χ2n) is 6.71. The molecule has 0 aromatic heterocycles. The molecule has 128 valence electrons. The minimum absolute atomic E-state index is 0.00910. The molecule has 0 rings (SSSR count). The van der Waals surface area contributed by atoms with Gasteiger partial charge in [0.15, 0.2) is 5.78 Å². The van der Waals surface area contributed by atoms with E-state index in [0.29, 0.717) is 6.42 Å². The Morgan fingerprint density at radius 1 is 1.14 bits per heavy atom. The van der Waals surface area contributed by atoms with Crippen molar-refractivity contribution in [2.24, 2.45) is 5.92 Å². The second-order valence-corrected chi connectivity index (χ2v) is 6.71. The van der Waals surface area contributed by atoms with Crippen LogP contribution in [0.2, 0.25) is 0 Å². The molecular weight excluding hydrogens is 284 g/mol. The fraction of sp³-hybridized carbons (Fsp3) is 0.812. The van der Waals surface area contributed by atoms with E-state index in [1.54, 1.807) is 20.8 Å². The number of carbonyl (C=O) groups is 3. The number of amides is 2. The highest BCUT2D eigenvalue weighted by atomic mass is 16.6. The van der Waals surface area contributed by atoms with Crippen molar-refractivity contribution in [1.82, 2.24) is 10.6 Å². The number of Topliss-reactive ketones (excluding diaryl/α,β-unsaturated/α-hetero) is 1. The number of hydrogen-bond donors (Lipinski definition) is 2. The molecule has 0 aliphatic carbocycles. The summed E-state index contributed by atoms with van der Waals surface area (Å²) < 4.78 is 5.04. The first kappa shape index (κ1) is 20.4. The monoisotopic (exact) mass is 314 g/mol. The number of hydrogen-bond acceptors (Lipinski definition) is 4. The van der Waals surface area contributed by atoms with Crippen LogP contribution in [0.15, 0.2) is 0 Å². The standard InChI is InChI=1S/C16H30N2O4/c1-7-8-9-12(19)14(11(2)3)18-13(20)10-17-15(21)22-16(4,5)6/h11,14H,7-10H2,1-6H3,(H,17,21)(H,18,20). The zero-order valence-corrected chi connectivity index (χ0v) is 14.6. The number of rotatable bonds is 8. The van der Waals surface area contributed by atoms with Gasteiger partial charge in [-0.2, -0.15) is 0 Å². The van der Waals surface area contributed by atoms with Crippen LogP contribution in [-0.4, -0.2) is 36.0 Å². The predicted molar refractivity (Wildman–Crippen MR) is 85.5 cm³/mol. The lowest BCUT2D eigenvalue weighted by molar-refractivity contribution is -0.128. The van der Waals surface area contributed by atoms with Crippen LogP contribution in [0.25, 0.3) is 0 Å². The molecule has 6 nitrogen and oxygen atoms in total. The van der Waals surface area contributed by atoms with Gasteiger partial charge in [-0.15, -0.1) is 0 Å². The molecule has 22 heavy (non-hydrogen) atoms. The molecule has 6 heteroatoms. The van der Waals surface area contributed by atoms with Crippen LogP contribution in [0, 0.1) is 5.92 Å². The van der Waals surface area contributed by atoms with Crippen LogP contribution >= 0.6 is 0 Å². The third-order valence-corrected chi connectivity index (χ3v) is 2.90. The van der Waals surface area contributed by atoms with E-state index in [1.165, 1.54) is 0 Å². The van der Waals surface area contributed by atoms with Gasteiger partial charge in [-0.3, -0.25) is 9.59 Å². The van der Waals surface area contributed by atoms with Crippen molar-refractivity contribution in [3.63, 3.8) is 0 Å². The molecule has 2 N–H and O–H groups in total. The molecule has 0 saturated heterocycles. The fourth-order valence-electron chi connectivity index (χ4n) is 1.82. The summed E-state index contributed by atoms with van der Waals surface area (Å²) in [4.78, 5) is 35.4. The quantitative estimate of drug-likeness (QED) is 0.720. The first-order chi connectivity index (χ1) is 10.1. The zero-order valence-electron chi connectivity index (χ0n) is 14.6. The average molecular weight is 314 g/mol. The van der Waals surface area contributed by atoms with Crippen LogP contribution in [-0.2, 0) is 14.3 Å². The van der Waals surface area contributed by atoms with Gasteiger partial charge in [0.1, 0.15) is 12.1 Å². The van der Waals surface area contributed by atoms with E-state index in [4.69, 9.17) is 4.74 Å². The summed E-state index contributed by atoms with van der Waals surface area (Å²) in [5, 5.41) is 5.07. The molecule has 0 radical (unpaired) electrons. The number of alkyl carbamates (subject to hydrolysis) is 1. The highest BCUT2D eigenvalue weighted by Gasteiger charge is 2.24. The van der Waals surface area contributed by atoms with Crippen LogP contribution < -0.4 is 10.6 Å². The molecule has 1 unspecified atom stereocenters. The smallest absolute Gasteiger partial charge is 0.408 e. The van der Waals surface area contributed by atoms with Gasteiger partial charge >= 0.3 is 6.09 Å². The minimum atomic E-state index is -0.652. The molecule has 0 aromatic rings. The third-order valence-electron chi connectivity index (χ3n) is 2.90. The van der Waals surface area contributed by atoms with Gasteiger partial charge in [-0.1, -0.05) is 27.2 Å². The molecule has 2 amide bonds. The minimum Gasteiger partial charge on any atom is -0.444 e. The van der Waals surface area contributed by atoms with Gasteiger partial charge in [0.2, 0.25) is 5.91 Å². The Bertz CT molecular complexity index is 386. The number of carbonyl (C=O) groups excluding carboxylic acids is 3. The van der Waals surface area contributed by atoms with Gasteiger partial charge in [0.25, 0.3) is 0 Å². The van der Waals surface area contributed by atoms with Crippen molar-refractivity contribution < 1.29 is 19.1 Å². The molecular formula is C16H30N2O4. The predicted octanol–water partition coefficient (Wildman–Crippen LogP) is 2.41. The Morgan fingerprint density at radius 3 is 2.18 bits per heavy atom. The third kappa shape index (κ3) is 9.37. The largest absolute Gasteiger partial charge is 0.444 e. The zero-order chi connectivity index (χ0) is 17.3. The summed E-state index contributed by atoms with van der Waals surface area (Å²) in [5.74, 6) is -0.355. The van der Waals surface area contributed by atoms with Crippen molar-refractivity contribution in [2.75, 3.05) is 6.54 Å². The molecule has 1 atom stereocenters. The van der Waals surface area contributed by atoms with Crippen LogP contribution in [0.5, 0.6) is 0 Å². The Hall–Kier alpha value is -1.59. The summed E-state index contributed by atoms with van der Waals surface area (Å²) in [5.41, 5.74) is -0.614. The van der Waals surface area contributed by atoms with E-state index in [9.17, 15) is 14.4 Å². The molecule has 0 aliphatic heterocycles. The fourth-order valence-corrected chi connectivity index (χ4v) is 1.82. The van der Waals surface area contributed by atoms with Gasteiger partial charge in [0, 0.05) is 6.42 Å². The Balaban J connectivity index is 4.35. The summed E-state index contributed by atoms with van der Waals surface area (Å²) in [7, 11) is 0. The summed E-state index contributed by atoms with van der Waals surface area (Å²) in [6, 6.07) is -0.514. The summed E-state index contributed by atoms with van der Waals surface area (Å²) >= 11 is 0. The molecule has 0 aliphatic rings. The SMILES string of the molecule is CCCCC(=O)C(NC(=O)CNC(=O)OC(C)(C)C)C(C)C. The lowest BCUT2D eigenvalue weighted by atomic mass is 9.96. The van der Waals surface area contributed by atoms with Crippen molar-refractivity contribution in [3.8, 4) is 0 Å². The van der Waals surface area contributed by atoms with Gasteiger partial charge < -0.3 is 15.4 Å². The lowest BCUT2D eigenvalue weighted by Crippen LogP contribution is -2.48. The number of ketones is 1.